The summed E-state index contributed by atoms with van der Waals surface area (Å²) >= 11 is 0. The molecule has 3 unspecified atom stereocenters. The molecule has 0 radical (unpaired) electrons. The predicted molar refractivity (Wildman–Crippen MR) is 75.8 cm³/mol. The highest BCUT2D eigenvalue weighted by Crippen LogP contribution is 2.21. The van der Waals surface area contributed by atoms with E-state index in [9.17, 15) is 4.79 Å². The van der Waals surface area contributed by atoms with Crippen LogP contribution >= 0.6 is 0 Å². The molecule has 4 nitrogen and oxygen atoms in total. The van der Waals surface area contributed by atoms with E-state index in [0.717, 1.165) is 32.1 Å². The van der Waals surface area contributed by atoms with Gasteiger partial charge in [0.1, 0.15) is 6.10 Å². The van der Waals surface area contributed by atoms with E-state index in [4.69, 9.17) is 10.5 Å². The molecule has 2 rings (SSSR count). The van der Waals surface area contributed by atoms with Crippen LogP contribution in [0.5, 0.6) is 0 Å². The molecule has 3 N–H and O–H groups in total. The van der Waals surface area contributed by atoms with Gasteiger partial charge in [0, 0.05) is 12.1 Å². The second-order valence-corrected chi connectivity index (χ2v) is 6.11. The first-order valence-electron chi connectivity index (χ1n) is 7.88. The first-order valence-corrected chi connectivity index (χ1v) is 7.88. The number of nitrogens with two attached hydrogens (primary N) is 1. The maximum Gasteiger partial charge on any atom is 0.249 e. The largest absolute Gasteiger partial charge is 0.364 e. The molecular formula is C15H28N2O2. The molecule has 0 aromatic carbocycles. The Kier molecular flexibility index (Phi) is 5.64. The normalized spacial score (nSPS) is 30.8. The van der Waals surface area contributed by atoms with E-state index in [2.05, 4.69) is 5.32 Å². The molecule has 0 aromatic heterocycles. The van der Waals surface area contributed by atoms with Gasteiger partial charge in [0.15, 0.2) is 0 Å². The molecule has 2 saturated carbocycles. The van der Waals surface area contributed by atoms with E-state index in [0.29, 0.717) is 6.04 Å². The molecule has 1 amide bonds. The molecule has 0 spiro atoms. The fourth-order valence-corrected chi connectivity index (χ4v) is 3.18. The first kappa shape index (κ1) is 14.8. The zero-order valence-electron chi connectivity index (χ0n) is 12.1. The molecule has 0 aliphatic heterocycles. The number of rotatable bonds is 4. The Labute approximate surface area is 116 Å². The molecular weight excluding hydrogens is 240 g/mol. The topological polar surface area (TPSA) is 64.3 Å². The number of hydrogen-bond donors (Lipinski definition) is 2. The summed E-state index contributed by atoms with van der Waals surface area (Å²) in [6.45, 7) is 1.85. The molecule has 2 fully saturated rings. The Morgan fingerprint density at radius 2 is 1.74 bits per heavy atom. The molecule has 4 heteroatoms. The molecule has 110 valence electrons. The lowest BCUT2D eigenvalue weighted by molar-refractivity contribution is -0.137. The highest BCUT2D eigenvalue weighted by atomic mass is 16.5. The van der Waals surface area contributed by atoms with E-state index >= 15 is 0 Å². The van der Waals surface area contributed by atoms with Crippen LogP contribution in [0.4, 0.5) is 0 Å². The summed E-state index contributed by atoms with van der Waals surface area (Å²) in [5, 5.41) is 3.09. The summed E-state index contributed by atoms with van der Waals surface area (Å²) in [5.41, 5.74) is 6.13. The molecule has 0 bridgehead atoms. The number of amides is 1. The van der Waals surface area contributed by atoms with Gasteiger partial charge >= 0.3 is 0 Å². The van der Waals surface area contributed by atoms with E-state index < -0.39 is 0 Å². The number of nitrogens with one attached hydrogen (secondary N) is 1. The van der Waals surface area contributed by atoms with Gasteiger partial charge < -0.3 is 15.8 Å². The average Bonchev–Trinajstić information content (AvgIpc) is 2.81. The van der Waals surface area contributed by atoms with Crippen LogP contribution < -0.4 is 11.1 Å². The highest BCUT2D eigenvalue weighted by molar-refractivity contribution is 5.80. The minimum atomic E-state index is -0.380. The second-order valence-electron chi connectivity index (χ2n) is 6.11. The number of carbonyl (C=O) groups excluding carboxylic acids is 1. The number of ether oxygens (including phenoxy) is 1. The van der Waals surface area contributed by atoms with Gasteiger partial charge in [-0.05, 0) is 32.6 Å². The minimum Gasteiger partial charge on any atom is -0.364 e. The SMILES string of the molecule is CC(OC1CCCCCC1N)C(=O)NC1CCCC1. The Morgan fingerprint density at radius 1 is 1.11 bits per heavy atom. The van der Waals surface area contributed by atoms with Crippen LogP contribution in [0.3, 0.4) is 0 Å². The maximum absolute atomic E-state index is 12.1. The molecule has 0 aromatic rings. The van der Waals surface area contributed by atoms with Crippen molar-refractivity contribution in [3.8, 4) is 0 Å². The summed E-state index contributed by atoms with van der Waals surface area (Å²) in [4.78, 5) is 12.1. The van der Waals surface area contributed by atoms with Crippen molar-refractivity contribution in [3.63, 3.8) is 0 Å². The minimum absolute atomic E-state index is 0.0309. The van der Waals surface area contributed by atoms with Gasteiger partial charge in [0.2, 0.25) is 5.91 Å². The van der Waals surface area contributed by atoms with E-state index in [1.54, 1.807) is 0 Å². The van der Waals surface area contributed by atoms with Crippen LogP contribution in [0.1, 0.15) is 64.7 Å². The van der Waals surface area contributed by atoms with Gasteiger partial charge in [-0.1, -0.05) is 32.1 Å². The van der Waals surface area contributed by atoms with Crippen LogP contribution in [0, 0.1) is 0 Å². The third-order valence-corrected chi connectivity index (χ3v) is 4.45. The van der Waals surface area contributed by atoms with Gasteiger partial charge in [-0.15, -0.1) is 0 Å². The lowest BCUT2D eigenvalue weighted by atomic mass is 10.1. The van der Waals surface area contributed by atoms with Crippen molar-refractivity contribution in [1.82, 2.24) is 5.32 Å². The fraction of sp³-hybridized carbons (Fsp3) is 0.933. The van der Waals surface area contributed by atoms with Crippen LogP contribution in [0.15, 0.2) is 0 Å². The van der Waals surface area contributed by atoms with E-state index in [1.165, 1.54) is 25.7 Å². The second kappa shape index (κ2) is 7.25. The standard InChI is InChI=1S/C15H28N2O2/c1-11(15(18)17-12-7-5-6-8-12)19-14-10-4-2-3-9-13(14)16/h11-14H,2-10,16H2,1H3,(H,17,18). The monoisotopic (exact) mass is 268 g/mol. The van der Waals surface area contributed by atoms with Crippen molar-refractivity contribution < 1.29 is 9.53 Å². The Balaban J connectivity index is 1.77. The highest BCUT2D eigenvalue weighted by Gasteiger charge is 2.27. The zero-order chi connectivity index (χ0) is 13.7. The zero-order valence-corrected chi connectivity index (χ0v) is 12.1. The predicted octanol–water partition coefficient (Wildman–Crippen LogP) is 2.11. The van der Waals surface area contributed by atoms with Crippen LogP contribution in [0.25, 0.3) is 0 Å². The van der Waals surface area contributed by atoms with E-state index in [-0.39, 0.29) is 24.2 Å². The van der Waals surface area contributed by atoms with Gasteiger partial charge in [-0.2, -0.15) is 0 Å². The average molecular weight is 268 g/mol. The summed E-state index contributed by atoms with van der Waals surface area (Å²) in [7, 11) is 0. The van der Waals surface area contributed by atoms with Crippen molar-refractivity contribution in [1.29, 1.82) is 0 Å². The van der Waals surface area contributed by atoms with Crippen molar-refractivity contribution in [2.45, 2.75) is 89.0 Å². The summed E-state index contributed by atoms with van der Waals surface area (Å²) in [5.74, 6) is 0.0309. The van der Waals surface area contributed by atoms with Gasteiger partial charge in [0.05, 0.1) is 6.10 Å². The van der Waals surface area contributed by atoms with Gasteiger partial charge in [-0.3, -0.25) is 4.79 Å². The molecule has 2 aliphatic carbocycles. The molecule has 19 heavy (non-hydrogen) atoms. The quantitative estimate of drug-likeness (QED) is 0.768. The van der Waals surface area contributed by atoms with Gasteiger partial charge in [0.25, 0.3) is 0 Å². The molecule has 0 heterocycles. The first-order chi connectivity index (χ1) is 9.16. The lowest BCUT2D eigenvalue weighted by Crippen LogP contribution is -2.45. The van der Waals surface area contributed by atoms with Crippen LogP contribution in [-0.4, -0.2) is 30.2 Å². The van der Waals surface area contributed by atoms with Gasteiger partial charge in [-0.25, -0.2) is 0 Å². The smallest absolute Gasteiger partial charge is 0.249 e. The van der Waals surface area contributed by atoms with Crippen molar-refractivity contribution >= 4 is 5.91 Å². The Hall–Kier alpha value is -0.610. The fourth-order valence-electron chi connectivity index (χ4n) is 3.18. The number of hydrogen-bond acceptors (Lipinski definition) is 3. The van der Waals surface area contributed by atoms with Crippen LogP contribution in [-0.2, 0) is 9.53 Å². The third-order valence-electron chi connectivity index (χ3n) is 4.45. The van der Waals surface area contributed by atoms with Crippen molar-refractivity contribution in [3.05, 3.63) is 0 Å². The van der Waals surface area contributed by atoms with Crippen molar-refractivity contribution in [2.24, 2.45) is 5.73 Å². The third kappa shape index (κ3) is 4.46. The summed E-state index contributed by atoms with van der Waals surface area (Å²) in [6.07, 6.45) is 9.94. The Bertz CT molecular complexity index is 290. The molecule has 2 aliphatic rings. The summed E-state index contributed by atoms with van der Waals surface area (Å²) in [6, 6.07) is 0.450. The van der Waals surface area contributed by atoms with E-state index in [1.807, 2.05) is 6.92 Å². The molecule has 3 atom stereocenters. The molecule has 0 saturated heterocycles. The summed E-state index contributed by atoms with van der Waals surface area (Å²) < 4.78 is 5.92. The number of carbonyl (C=O) groups is 1. The lowest BCUT2D eigenvalue weighted by Gasteiger charge is -2.26. The maximum atomic E-state index is 12.1. The van der Waals surface area contributed by atoms with Crippen molar-refractivity contribution in [2.75, 3.05) is 0 Å². The van der Waals surface area contributed by atoms with Crippen LogP contribution in [0.2, 0.25) is 0 Å². The Morgan fingerprint density at radius 3 is 2.47 bits per heavy atom.